The standard InChI is InChI=1S/C16H21N3O3/c1-3-6-12-10-13(18-21-12)16(20)19-8-5-7-14(19)15-9-11(4-2)17-22-15/h9-10,14H,3-8H2,1-2H3. The zero-order chi connectivity index (χ0) is 15.5. The van der Waals surface area contributed by atoms with E-state index >= 15 is 0 Å². The number of nitrogens with zero attached hydrogens (tertiary/aromatic N) is 3. The quantitative estimate of drug-likeness (QED) is 0.848. The van der Waals surface area contributed by atoms with Crippen LogP contribution in [0.1, 0.15) is 66.9 Å². The first-order chi connectivity index (χ1) is 10.7. The second-order valence-electron chi connectivity index (χ2n) is 5.66. The number of carbonyl (C=O) groups excluding carboxylic acids is 1. The molecule has 0 bridgehead atoms. The maximum Gasteiger partial charge on any atom is 0.276 e. The molecule has 118 valence electrons. The summed E-state index contributed by atoms with van der Waals surface area (Å²) in [6, 6.07) is 3.65. The van der Waals surface area contributed by atoms with Gasteiger partial charge >= 0.3 is 0 Å². The fourth-order valence-corrected chi connectivity index (χ4v) is 2.88. The molecule has 0 radical (unpaired) electrons. The van der Waals surface area contributed by atoms with Crippen LogP contribution < -0.4 is 0 Å². The van der Waals surface area contributed by atoms with Gasteiger partial charge in [-0.2, -0.15) is 0 Å². The molecule has 6 heteroatoms. The van der Waals surface area contributed by atoms with E-state index < -0.39 is 0 Å². The zero-order valence-electron chi connectivity index (χ0n) is 13.0. The molecule has 1 fully saturated rings. The molecule has 1 unspecified atom stereocenters. The first-order valence-corrected chi connectivity index (χ1v) is 7.95. The molecular formula is C16H21N3O3. The first kappa shape index (κ1) is 14.8. The second-order valence-corrected chi connectivity index (χ2v) is 5.66. The average molecular weight is 303 g/mol. The molecular weight excluding hydrogens is 282 g/mol. The number of carbonyl (C=O) groups is 1. The highest BCUT2D eigenvalue weighted by Crippen LogP contribution is 2.33. The predicted octanol–water partition coefficient (Wildman–Crippen LogP) is 3.15. The molecule has 0 aliphatic carbocycles. The zero-order valence-corrected chi connectivity index (χ0v) is 13.0. The molecule has 22 heavy (non-hydrogen) atoms. The van der Waals surface area contributed by atoms with Crippen LogP contribution >= 0.6 is 0 Å². The highest BCUT2D eigenvalue weighted by molar-refractivity contribution is 5.92. The van der Waals surface area contributed by atoms with Gasteiger partial charge in [0.1, 0.15) is 5.76 Å². The van der Waals surface area contributed by atoms with E-state index in [1.165, 1.54) is 0 Å². The summed E-state index contributed by atoms with van der Waals surface area (Å²) in [5.74, 6) is 1.43. The predicted molar refractivity (Wildman–Crippen MR) is 79.4 cm³/mol. The summed E-state index contributed by atoms with van der Waals surface area (Å²) in [6.45, 7) is 4.81. The first-order valence-electron chi connectivity index (χ1n) is 7.95. The number of hydrogen-bond acceptors (Lipinski definition) is 5. The van der Waals surface area contributed by atoms with E-state index in [1.54, 1.807) is 6.07 Å². The normalized spacial score (nSPS) is 18.1. The van der Waals surface area contributed by atoms with E-state index in [0.717, 1.165) is 49.3 Å². The van der Waals surface area contributed by atoms with Crippen molar-refractivity contribution in [1.29, 1.82) is 0 Å². The van der Waals surface area contributed by atoms with Crippen LogP contribution in [-0.2, 0) is 12.8 Å². The Labute approximate surface area is 129 Å². The third-order valence-electron chi connectivity index (χ3n) is 4.06. The van der Waals surface area contributed by atoms with E-state index in [1.807, 2.05) is 17.9 Å². The minimum Gasteiger partial charge on any atom is -0.361 e. The molecule has 3 rings (SSSR count). The number of aryl methyl sites for hydroxylation is 2. The van der Waals surface area contributed by atoms with Crippen LogP contribution in [0.25, 0.3) is 0 Å². The van der Waals surface area contributed by atoms with Gasteiger partial charge in [0.15, 0.2) is 11.5 Å². The summed E-state index contributed by atoms with van der Waals surface area (Å²) >= 11 is 0. The molecule has 0 spiro atoms. The smallest absolute Gasteiger partial charge is 0.276 e. The van der Waals surface area contributed by atoms with Crippen molar-refractivity contribution in [1.82, 2.24) is 15.2 Å². The van der Waals surface area contributed by atoms with Crippen molar-refractivity contribution in [3.63, 3.8) is 0 Å². The van der Waals surface area contributed by atoms with Crippen molar-refractivity contribution >= 4 is 5.91 Å². The Kier molecular flexibility index (Phi) is 4.27. The molecule has 0 saturated carbocycles. The van der Waals surface area contributed by atoms with Crippen molar-refractivity contribution in [3.8, 4) is 0 Å². The summed E-state index contributed by atoms with van der Waals surface area (Å²) < 4.78 is 10.6. The lowest BCUT2D eigenvalue weighted by Crippen LogP contribution is -2.30. The highest BCUT2D eigenvalue weighted by Gasteiger charge is 2.34. The molecule has 3 heterocycles. The summed E-state index contributed by atoms with van der Waals surface area (Å²) in [7, 11) is 0. The molecule has 0 N–H and O–H groups in total. The minimum atomic E-state index is -0.0944. The molecule has 1 aliphatic heterocycles. The molecule has 1 amide bonds. The van der Waals surface area contributed by atoms with Gasteiger partial charge in [-0.3, -0.25) is 4.79 Å². The van der Waals surface area contributed by atoms with Crippen molar-refractivity contribution in [2.45, 2.75) is 52.0 Å². The lowest BCUT2D eigenvalue weighted by molar-refractivity contribution is 0.0704. The van der Waals surface area contributed by atoms with Gasteiger partial charge in [0, 0.05) is 25.1 Å². The van der Waals surface area contributed by atoms with Gasteiger partial charge in [-0.1, -0.05) is 24.2 Å². The van der Waals surface area contributed by atoms with Gasteiger partial charge in [-0.15, -0.1) is 0 Å². The van der Waals surface area contributed by atoms with E-state index in [9.17, 15) is 4.79 Å². The van der Waals surface area contributed by atoms with E-state index in [0.29, 0.717) is 12.2 Å². The third-order valence-corrected chi connectivity index (χ3v) is 4.06. The Hall–Kier alpha value is -2.11. The molecule has 0 aromatic carbocycles. The van der Waals surface area contributed by atoms with E-state index in [2.05, 4.69) is 17.2 Å². The lowest BCUT2D eigenvalue weighted by atomic mass is 10.1. The van der Waals surface area contributed by atoms with Crippen molar-refractivity contribution in [2.24, 2.45) is 0 Å². The fourth-order valence-electron chi connectivity index (χ4n) is 2.88. The molecule has 1 atom stereocenters. The van der Waals surface area contributed by atoms with Crippen LogP contribution in [0, 0.1) is 0 Å². The maximum atomic E-state index is 12.7. The number of hydrogen-bond donors (Lipinski definition) is 0. The average Bonchev–Trinajstić information content (AvgIpc) is 3.26. The number of likely N-dealkylation sites (tertiary alicyclic amines) is 1. The number of rotatable bonds is 5. The molecule has 2 aromatic heterocycles. The van der Waals surface area contributed by atoms with Gasteiger partial charge in [0.25, 0.3) is 5.91 Å². The van der Waals surface area contributed by atoms with Gasteiger partial charge in [-0.25, -0.2) is 0 Å². The minimum absolute atomic E-state index is 0.0494. The lowest BCUT2D eigenvalue weighted by Gasteiger charge is -2.21. The van der Waals surface area contributed by atoms with E-state index in [4.69, 9.17) is 9.05 Å². The van der Waals surface area contributed by atoms with Crippen LogP contribution in [0.5, 0.6) is 0 Å². The Morgan fingerprint density at radius 3 is 2.91 bits per heavy atom. The summed E-state index contributed by atoms with van der Waals surface area (Å²) in [6.07, 6.45) is 4.44. The maximum absolute atomic E-state index is 12.7. The number of amides is 1. The Bertz CT molecular complexity index is 647. The molecule has 1 saturated heterocycles. The Morgan fingerprint density at radius 2 is 2.18 bits per heavy atom. The molecule has 2 aromatic rings. The van der Waals surface area contributed by atoms with Crippen LogP contribution in [0.2, 0.25) is 0 Å². The molecule has 6 nitrogen and oxygen atoms in total. The fraction of sp³-hybridized carbons (Fsp3) is 0.562. The van der Waals surface area contributed by atoms with Crippen molar-refractivity contribution in [2.75, 3.05) is 6.54 Å². The van der Waals surface area contributed by atoms with Crippen molar-refractivity contribution < 1.29 is 13.8 Å². The second kappa shape index (κ2) is 6.34. The van der Waals surface area contributed by atoms with Crippen LogP contribution in [0.4, 0.5) is 0 Å². The van der Waals surface area contributed by atoms with Gasteiger partial charge in [0.05, 0.1) is 11.7 Å². The monoisotopic (exact) mass is 303 g/mol. The van der Waals surface area contributed by atoms with Crippen LogP contribution in [-0.4, -0.2) is 27.7 Å². The topological polar surface area (TPSA) is 72.4 Å². The van der Waals surface area contributed by atoms with Crippen LogP contribution in [0.3, 0.4) is 0 Å². The van der Waals surface area contributed by atoms with Gasteiger partial charge in [-0.05, 0) is 25.7 Å². The highest BCUT2D eigenvalue weighted by atomic mass is 16.5. The van der Waals surface area contributed by atoms with E-state index in [-0.39, 0.29) is 11.9 Å². The Morgan fingerprint density at radius 1 is 1.32 bits per heavy atom. The third kappa shape index (κ3) is 2.77. The summed E-state index contributed by atoms with van der Waals surface area (Å²) in [5, 5.41) is 7.94. The van der Waals surface area contributed by atoms with Crippen molar-refractivity contribution in [3.05, 3.63) is 35.0 Å². The van der Waals surface area contributed by atoms with Gasteiger partial charge < -0.3 is 13.9 Å². The van der Waals surface area contributed by atoms with Gasteiger partial charge in [0.2, 0.25) is 0 Å². The summed E-state index contributed by atoms with van der Waals surface area (Å²) in [5.41, 5.74) is 1.30. The largest absolute Gasteiger partial charge is 0.361 e. The number of aromatic nitrogens is 2. The SMILES string of the molecule is CCCc1cc(C(=O)N2CCCC2c2cc(CC)no2)no1. The Balaban J connectivity index is 1.78. The molecule has 1 aliphatic rings. The summed E-state index contributed by atoms with van der Waals surface area (Å²) in [4.78, 5) is 14.5. The van der Waals surface area contributed by atoms with Crippen LogP contribution in [0.15, 0.2) is 21.2 Å².